The van der Waals surface area contributed by atoms with Crippen molar-refractivity contribution in [2.75, 3.05) is 29.9 Å². The fourth-order valence-electron chi connectivity index (χ4n) is 4.31. The maximum Gasteiger partial charge on any atom is 0.258 e. The Bertz CT molecular complexity index is 1370. The molecule has 9 heteroatoms. The molecule has 1 aromatic rings. The predicted octanol–water partition coefficient (Wildman–Crippen LogP) is 0.695. The van der Waals surface area contributed by atoms with Crippen molar-refractivity contribution in [3.63, 3.8) is 0 Å². The van der Waals surface area contributed by atoms with Crippen molar-refractivity contribution in [3.05, 3.63) is 69.7 Å². The standard InChI is InChI=1S/C22H21N5O3S/c1-26-12-8-14(7-11-24-31(29)30)15-5-6-17-19-16(25-22(28)20(19)21(15)26)9-13-27(17)18-4-2-3-10-23-18/h2-6,8-10,12,24H,7,11,13H2,1H3,(H,25,28)(H,29,30)/p-1. The first kappa shape index (κ1) is 19.7. The minimum absolute atomic E-state index is 0.141. The largest absolute Gasteiger partial charge is 0.760 e. The minimum Gasteiger partial charge on any atom is -0.760 e. The molecule has 1 aromatic heterocycles. The number of fused-ring (bicyclic) bond motifs is 2. The molecule has 0 saturated carbocycles. The van der Waals surface area contributed by atoms with E-state index in [1.165, 1.54) is 0 Å². The maximum absolute atomic E-state index is 13.1. The fraction of sp³-hybridized carbons (Fsp3) is 0.182. The Hall–Kier alpha value is -3.27. The number of hydrogen-bond donors (Lipinski definition) is 2. The number of pyridine rings is 1. The SMILES string of the molecule is CN1C=CC(CCNS(=O)[O-])=c2ccc3c4c([nH]c(=O)c-4c21)=CCN3c1ccccn1. The van der Waals surface area contributed by atoms with Crippen LogP contribution in [-0.4, -0.2) is 38.9 Å². The van der Waals surface area contributed by atoms with E-state index in [9.17, 15) is 13.6 Å². The predicted molar refractivity (Wildman–Crippen MR) is 121 cm³/mol. The summed E-state index contributed by atoms with van der Waals surface area (Å²) >= 11 is -2.31. The van der Waals surface area contributed by atoms with E-state index in [1.54, 1.807) is 6.20 Å². The van der Waals surface area contributed by atoms with Crippen LogP contribution in [0.2, 0.25) is 0 Å². The molecular weight excluding hydrogens is 414 g/mol. The van der Waals surface area contributed by atoms with Gasteiger partial charge >= 0.3 is 0 Å². The second kappa shape index (κ2) is 7.77. The summed E-state index contributed by atoms with van der Waals surface area (Å²) in [5.41, 5.74) is 4.02. The first-order valence-electron chi connectivity index (χ1n) is 9.89. The molecule has 1 atom stereocenters. The van der Waals surface area contributed by atoms with Gasteiger partial charge in [0.1, 0.15) is 5.82 Å². The summed E-state index contributed by atoms with van der Waals surface area (Å²) in [6.45, 7) is 0.877. The highest BCUT2D eigenvalue weighted by Gasteiger charge is 2.28. The van der Waals surface area contributed by atoms with Crippen molar-refractivity contribution in [1.29, 1.82) is 0 Å². The average Bonchev–Trinajstić information content (AvgIpc) is 2.97. The Kier molecular flexibility index (Phi) is 4.93. The van der Waals surface area contributed by atoms with Gasteiger partial charge in [-0.3, -0.25) is 9.00 Å². The zero-order valence-electron chi connectivity index (χ0n) is 16.8. The first-order valence-corrected chi connectivity index (χ1v) is 11.0. The van der Waals surface area contributed by atoms with Gasteiger partial charge in [0, 0.05) is 59.9 Å². The van der Waals surface area contributed by atoms with Gasteiger partial charge < -0.3 is 19.3 Å². The molecule has 1 aliphatic carbocycles. The van der Waals surface area contributed by atoms with Crippen LogP contribution in [0.4, 0.5) is 17.2 Å². The number of aromatic amines is 1. The lowest BCUT2D eigenvalue weighted by Crippen LogP contribution is -2.27. The molecule has 0 aromatic carbocycles. The highest BCUT2D eigenvalue weighted by Crippen LogP contribution is 2.37. The highest BCUT2D eigenvalue weighted by atomic mass is 32.2. The Morgan fingerprint density at radius 3 is 2.90 bits per heavy atom. The van der Waals surface area contributed by atoms with Crippen LogP contribution in [0, 0.1) is 0 Å². The molecule has 0 fully saturated rings. The molecule has 5 rings (SSSR count). The smallest absolute Gasteiger partial charge is 0.258 e. The van der Waals surface area contributed by atoms with Gasteiger partial charge in [-0.1, -0.05) is 12.1 Å². The topological polar surface area (TPSA) is 104 Å². The maximum atomic E-state index is 13.1. The number of H-pyrrole nitrogens is 1. The average molecular weight is 435 g/mol. The summed E-state index contributed by atoms with van der Waals surface area (Å²) in [5, 5.41) is 1.72. The minimum atomic E-state index is -2.31. The Morgan fingerprint density at radius 1 is 1.26 bits per heavy atom. The van der Waals surface area contributed by atoms with E-state index in [1.807, 2.05) is 60.6 Å². The summed E-state index contributed by atoms with van der Waals surface area (Å²) in [6, 6.07) is 9.79. The molecule has 0 radical (unpaired) electrons. The molecule has 4 heterocycles. The van der Waals surface area contributed by atoms with Crippen LogP contribution < -0.4 is 30.6 Å². The zero-order chi connectivity index (χ0) is 21.5. The lowest BCUT2D eigenvalue weighted by Gasteiger charge is -2.26. The fourth-order valence-corrected chi connectivity index (χ4v) is 4.58. The summed E-state index contributed by atoms with van der Waals surface area (Å²) in [4.78, 5) is 24.6. The van der Waals surface area contributed by atoms with E-state index in [-0.39, 0.29) is 12.1 Å². The summed E-state index contributed by atoms with van der Waals surface area (Å²) in [6.07, 6.45) is 8.14. The lowest BCUT2D eigenvalue weighted by atomic mass is 10.0. The molecule has 8 nitrogen and oxygen atoms in total. The molecule has 4 aliphatic rings. The Balaban J connectivity index is 1.76. The molecule has 0 spiro atoms. The number of nitrogens with one attached hydrogen (secondary N) is 2. The number of hydrogen-bond acceptors (Lipinski definition) is 6. The zero-order valence-corrected chi connectivity index (χ0v) is 17.6. The van der Waals surface area contributed by atoms with E-state index in [4.69, 9.17) is 0 Å². The molecule has 31 heavy (non-hydrogen) atoms. The van der Waals surface area contributed by atoms with Crippen molar-refractivity contribution in [3.8, 4) is 11.1 Å². The molecule has 3 aliphatic heterocycles. The summed E-state index contributed by atoms with van der Waals surface area (Å²) in [5.74, 6) is 0.807. The van der Waals surface area contributed by atoms with Crippen LogP contribution in [0.5, 0.6) is 0 Å². The van der Waals surface area contributed by atoms with Gasteiger partial charge in [0.2, 0.25) is 0 Å². The van der Waals surface area contributed by atoms with E-state index in [2.05, 4.69) is 19.6 Å². The van der Waals surface area contributed by atoms with E-state index in [0.29, 0.717) is 18.5 Å². The molecule has 1 unspecified atom stereocenters. The molecule has 0 saturated heterocycles. The summed E-state index contributed by atoms with van der Waals surface area (Å²) < 4.78 is 24.1. The van der Waals surface area contributed by atoms with Gasteiger partial charge in [0.15, 0.2) is 0 Å². The van der Waals surface area contributed by atoms with Crippen LogP contribution >= 0.6 is 0 Å². The van der Waals surface area contributed by atoms with Gasteiger partial charge in [-0.25, -0.2) is 9.71 Å². The van der Waals surface area contributed by atoms with Crippen LogP contribution in [0.25, 0.3) is 22.8 Å². The van der Waals surface area contributed by atoms with Crippen molar-refractivity contribution in [2.24, 2.45) is 0 Å². The second-order valence-electron chi connectivity index (χ2n) is 7.43. The van der Waals surface area contributed by atoms with Crippen molar-refractivity contribution in [1.82, 2.24) is 14.7 Å². The third-order valence-corrected chi connectivity index (χ3v) is 6.10. The lowest BCUT2D eigenvalue weighted by molar-refractivity contribution is 0.523. The number of allylic oxidation sites excluding steroid dienone is 1. The summed E-state index contributed by atoms with van der Waals surface area (Å²) in [7, 11) is 1.91. The van der Waals surface area contributed by atoms with E-state index >= 15 is 0 Å². The molecule has 0 amide bonds. The molecule has 2 N–H and O–H groups in total. The van der Waals surface area contributed by atoms with Crippen LogP contribution in [0.3, 0.4) is 0 Å². The molecule has 0 bridgehead atoms. The van der Waals surface area contributed by atoms with Crippen molar-refractivity contribution < 1.29 is 8.76 Å². The quantitative estimate of drug-likeness (QED) is 0.573. The van der Waals surface area contributed by atoms with Crippen LogP contribution in [-0.2, 0) is 11.3 Å². The number of aromatic nitrogens is 2. The van der Waals surface area contributed by atoms with Crippen molar-refractivity contribution in [2.45, 2.75) is 6.42 Å². The Morgan fingerprint density at radius 2 is 2.13 bits per heavy atom. The number of anilines is 3. The Labute approximate surface area is 181 Å². The monoisotopic (exact) mass is 434 g/mol. The number of rotatable bonds is 5. The highest BCUT2D eigenvalue weighted by molar-refractivity contribution is 7.77. The third kappa shape index (κ3) is 3.36. The third-order valence-electron chi connectivity index (χ3n) is 5.66. The van der Waals surface area contributed by atoms with Crippen LogP contribution in [0.1, 0.15) is 6.42 Å². The number of nitrogens with zero attached hydrogens (tertiary/aromatic N) is 3. The van der Waals surface area contributed by atoms with E-state index < -0.39 is 11.3 Å². The van der Waals surface area contributed by atoms with Gasteiger partial charge in [-0.05, 0) is 42.3 Å². The van der Waals surface area contributed by atoms with Gasteiger partial charge in [-0.2, -0.15) is 0 Å². The van der Waals surface area contributed by atoms with E-state index in [0.717, 1.165) is 38.9 Å². The van der Waals surface area contributed by atoms with Crippen molar-refractivity contribution >= 4 is 40.1 Å². The van der Waals surface area contributed by atoms with Gasteiger partial charge in [0.05, 0.1) is 16.9 Å². The molecule has 158 valence electrons. The first-order chi connectivity index (χ1) is 15.0. The molecular formula is C22H20N5O3S-. The van der Waals surface area contributed by atoms with Gasteiger partial charge in [0.25, 0.3) is 5.56 Å². The van der Waals surface area contributed by atoms with Crippen LogP contribution in [0.15, 0.2) is 53.6 Å². The van der Waals surface area contributed by atoms with Gasteiger partial charge in [-0.15, -0.1) is 0 Å². The second-order valence-corrected chi connectivity index (χ2v) is 8.19. The normalized spacial score (nSPS) is 15.7.